The van der Waals surface area contributed by atoms with Gasteiger partial charge in [-0.2, -0.15) is 0 Å². The zero-order chi connectivity index (χ0) is 12.5. The molecule has 90 valence electrons. The van der Waals surface area contributed by atoms with E-state index in [2.05, 4.69) is 27.3 Å². The Balaban J connectivity index is 2.60. The summed E-state index contributed by atoms with van der Waals surface area (Å²) in [5.41, 5.74) is 6.93. The first-order valence-electron chi connectivity index (χ1n) is 5.31. The van der Waals surface area contributed by atoms with Crippen LogP contribution in [0.4, 0.5) is 0 Å². The Labute approximate surface area is 101 Å². The van der Waals surface area contributed by atoms with Crippen molar-refractivity contribution in [3.63, 3.8) is 0 Å². The molecule has 4 N–H and O–H groups in total. The van der Waals surface area contributed by atoms with Gasteiger partial charge in [0.1, 0.15) is 5.69 Å². The molecular formula is C12H16N4O. The predicted octanol–water partition coefficient (Wildman–Crippen LogP) is 0.679. The van der Waals surface area contributed by atoms with Crippen LogP contribution in [0.1, 0.15) is 24.6 Å². The molecular weight excluding hydrogens is 216 g/mol. The molecule has 1 heterocycles. The average Bonchev–Trinajstić information content (AvgIpc) is 2.38. The van der Waals surface area contributed by atoms with E-state index in [-0.39, 0.29) is 5.84 Å². The molecule has 5 nitrogen and oxygen atoms in total. The smallest absolute Gasteiger partial charge is 0.189 e. The maximum atomic E-state index is 8.64. The lowest BCUT2D eigenvalue weighted by molar-refractivity contribution is 0.318. The number of oxime groups is 1. The molecule has 0 fully saturated rings. The fraction of sp³-hybridized carbons (Fsp3) is 0.333. The van der Waals surface area contributed by atoms with Crippen molar-refractivity contribution in [2.45, 2.75) is 19.9 Å². The van der Waals surface area contributed by atoms with Gasteiger partial charge in [0.25, 0.3) is 0 Å². The van der Waals surface area contributed by atoms with Crippen molar-refractivity contribution in [3.8, 4) is 11.8 Å². The summed E-state index contributed by atoms with van der Waals surface area (Å²) in [7, 11) is 0. The largest absolute Gasteiger partial charge is 0.409 e. The van der Waals surface area contributed by atoms with Crippen LogP contribution in [0.15, 0.2) is 23.5 Å². The highest BCUT2D eigenvalue weighted by Gasteiger charge is 2.06. The number of nitrogens with two attached hydrogens (primary N) is 1. The zero-order valence-electron chi connectivity index (χ0n) is 9.77. The van der Waals surface area contributed by atoms with Gasteiger partial charge in [-0.25, -0.2) is 0 Å². The molecule has 0 spiro atoms. The Morgan fingerprint density at radius 2 is 2.47 bits per heavy atom. The quantitative estimate of drug-likeness (QED) is 0.174. The van der Waals surface area contributed by atoms with Crippen LogP contribution < -0.4 is 11.1 Å². The van der Waals surface area contributed by atoms with Crippen molar-refractivity contribution in [2.75, 3.05) is 6.54 Å². The minimum atomic E-state index is 0.0238. The van der Waals surface area contributed by atoms with Crippen molar-refractivity contribution in [2.24, 2.45) is 10.9 Å². The van der Waals surface area contributed by atoms with Crippen LogP contribution in [0.5, 0.6) is 0 Å². The highest BCUT2D eigenvalue weighted by atomic mass is 16.4. The molecule has 0 radical (unpaired) electrons. The predicted molar refractivity (Wildman–Crippen MR) is 66.5 cm³/mol. The Kier molecular flexibility index (Phi) is 5.55. The SMILES string of the molecule is CC#CCCNCc1cccnc1/C(N)=N/O. The number of aromatic nitrogens is 1. The van der Waals surface area contributed by atoms with Crippen LogP contribution in [-0.2, 0) is 6.54 Å². The van der Waals surface area contributed by atoms with Gasteiger partial charge in [-0.15, -0.1) is 11.8 Å². The van der Waals surface area contributed by atoms with Gasteiger partial charge in [-0.05, 0) is 18.6 Å². The highest BCUT2D eigenvalue weighted by Crippen LogP contribution is 2.04. The summed E-state index contributed by atoms with van der Waals surface area (Å²) in [4.78, 5) is 4.08. The molecule has 0 aliphatic heterocycles. The second kappa shape index (κ2) is 7.25. The summed E-state index contributed by atoms with van der Waals surface area (Å²) in [6.45, 7) is 3.23. The van der Waals surface area contributed by atoms with E-state index < -0.39 is 0 Å². The van der Waals surface area contributed by atoms with E-state index in [1.54, 1.807) is 6.20 Å². The standard InChI is InChI=1S/C12H16N4O/c1-2-3-4-7-14-9-10-6-5-8-15-11(10)12(13)16-17/h5-6,8,14,17H,4,7,9H2,1H3,(H2,13,16). The molecule has 0 atom stereocenters. The second-order valence-corrected chi connectivity index (χ2v) is 3.35. The Hall–Kier alpha value is -2.06. The molecule has 1 aromatic rings. The van der Waals surface area contributed by atoms with E-state index in [4.69, 9.17) is 10.9 Å². The lowest BCUT2D eigenvalue weighted by Gasteiger charge is -2.07. The third-order valence-electron chi connectivity index (χ3n) is 2.16. The summed E-state index contributed by atoms with van der Waals surface area (Å²) in [6, 6.07) is 3.70. The number of rotatable bonds is 5. The van der Waals surface area contributed by atoms with E-state index in [9.17, 15) is 0 Å². The van der Waals surface area contributed by atoms with Gasteiger partial charge < -0.3 is 16.3 Å². The van der Waals surface area contributed by atoms with Gasteiger partial charge in [-0.1, -0.05) is 11.2 Å². The monoisotopic (exact) mass is 232 g/mol. The summed E-state index contributed by atoms with van der Waals surface area (Å²) in [5.74, 6) is 5.82. The van der Waals surface area contributed by atoms with Crippen molar-refractivity contribution < 1.29 is 5.21 Å². The molecule has 0 bridgehead atoms. The fourth-order valence-electron chi connectivity index (χ4n) is 1.36. The molecule has 5 heteroatoms. The van der Waals surface area contributed by atoms with Crippen LogP contribution in [0.3, 0.4) is 0 Å². The van der Waals surface area contributed by atoms with Gasteiger partial charge in [-0.3, -0.25) is 4.98 Å². The van der Waals surface area contributed by atoms with Gasteiger partial charge in [0, 0.05) is 25.7 Å². The van der Waals surface area contributed by atoms with E-state index in [0.717, 1.165) is 18.5 Å². The van der Waals surface area contributed by atoms with Crippen LogP contribution in [-0.4, -0.2) is 22.6 Å². The first-order valence-corrected chi connectivity index (χ1v) is 5.31. The summed E-state index contributed by atoms with van der Waals surface area (Å²) in [6.07, 6.45) is 2.41. The van der Waals surface area contributed by atoms with Crippen LogP contribution in [0, 0.1) is 11.8 Å². The average molecular weight is 232 g/mol. The van der Waals surface area contributed by atoms with Crippen LogP contribution in [0.25, 0.3) is 0 Å². The third-order valence-corrected chi connectivity index (χ3v) is 2.16. The Bertz CT molecular complexity index is 445. The third kappa shape index (κ3) is 4.13. The summed E-state index contributed by atoms with van der Waals surface area (Å²) in [5, 5.41) is 14.8. The van der Waals surface area contributed by atoms with E-state index in [0.29, 0.717) is 12.2 Å². The maximum absolute atomic E-state index is 8.64. The van der Waals surface area contributed by atoms with Crippen LogP contribution in [0.2, 0.25) is 0 Å². The number of hydrogen-bond donors (Lipinski definition) is 3. The lowest BCUT2D eigenvalue weighted by Crippen LogP contribution is -2.21. The molecule has 0 aromatic carbocycles. The van der Waals surface area contributed by atoms with Crippen molar-refractivity contribution in [3.05, 3.63) is 29.6 Å². The minimum Gasteiger partial charge on any atom is -0.409 e. The second-order valence-electron chi connectivity index (χ2n) is 3.35. The number of hydrogen-bond acceptors (Lipinski definition) is 4. The van der Waals surface area contributed by atoms with Crippen molar-refractivity contribution in [1.29, 1.82) is 0 Å². The first kappa shape index (κ1) is 13.0. The van der Waals surface area contributed by atoms with Gasteiger partial charge >= 0.3 is 0 Å². The molecule has 1 rings (SSSR count). The molecule has 0 unspecified atom stereocenters. The number of amidine groups is 1. The number of pyridine rings is 1. The molecule has 17 heavy (non-hydrogen) atoms. The molecule has 0 aliphatic rings. The van der Waals surface area contributed by atoms with Crippen molar-refractivity contribution in [1.82, 2.24) is 10.3 Å². The number of nitrogens with zero attached hydrogens (tertiary/aromatic N) is 2. The summed E-state index contributed by atoms with van der Waals surface area (Å²) >= 11 is 0. The van der Waals surface area contributed by atoms with E-state index >= 15 is 0 Å². The lowest BCUT2D eigenvalue weighted by atomic mass is 10.2. The molecule has 0 aliphatic carbocycles. The summed E-state index contributed by atoms with van der Waals surface area (Å²) < 4.78 is 0. The van der Waals surface area contributed by atoms with Crippen molar-refractivity contribution >= 4 is 5.84 Å². The van der Waals surface area contributed by atoms with Gasteiger partial charge in [0.05, 0.1) is 0 Å². The maximum Gasteiger partial charge on any atom is 0.189 e. The van der Waals surface area contributed by atoms with Gasteiger partial charge in [0.15, 0.2) is 5.84 Å². The zero-order valence-corrected chi connectivity index (χ0v) is 9.77. The molecule has 1 aromatic heterocycles. The Morgan fingerprint density at radius 1 is 1.65 bits per heavy atom. The fourth-order valence-corrected chi connectivity index (χ4v) is 1.36. The van der Waals surface area contributed by atoms with Crippen LogP contribution >= 0.6 is 0 Å². The number of nitrogens with one attached hydrogen (secondary N) is 1. The topological polar surface area (TPSA) is 83.5 Å². The molecule has 0 saturated carbocycles. The molecule has 0 amide bonds. The van der Waals surface area contributed by atoms with Gasteiger partial charge in [0.2, 0.25) is 0 Å². The Morgan fingerprint density at radius 3 is 3.18 bits per heavy atom. The molecule has 0 saturated heterocycles. The highest BCUT2D eigenvalue weighted by molar-refractivity contribution is 5.96. The normalized spacial score (nSPS) is 10.8. The van der Waals surface area contributed by atoms with E-state index in [1.165, 1.54) is 0 Å². The first-order chi connectivity index (χ1) is 8.29. The van der Waals surface area contributed by atoms with E-state index in [1.807, 2.05) is 19.1 Å². The minimum absolute atomic E-state index is 0.0238.